The summed E-state index contributed by atoms with van der Waals surface area (Å²) in [5.74, 6) is -0.0540. The summed E-state index contributed by atoms with van der Waals surface area (Å²) in [6, 6.07) is 14.7. The van der Waals surface area contributed by atoms with Crippen LogP contribution in [0.25, 0.3) is 22.0 Å². The monoisotopic (exact) mass is 381 g/mol. The van der Waals surface area contributed by atoms with E-state index in [4.69, 9.17) is 11.6 Å². The van der Waals surface area contributed by atoms with Crippen LogP contribution in [0.4, 0.5) is 0 Å². The van der Waals surface area contributed by atoms with Crippen LogP contribution in [0.5, 0.6) is 0 Å². The number of likely N-dealkylation sites (tertiary alicyclic amines) is 1. The number of piperidine rings is 1. The third-order valence-electron chi connectivity index (χ3n) is 4.98. The molecular weight excluding hydrogens is 362 g/mol. The van der Waals surface area contributed by atoms with Crippen molar-refractivity contribution in [2.45, 2.75) is 25.8 Å². The molecule has 5 nitrogen and oxygen atoms in total. The van der Waals surface area contributed by atoms with Gasteiger partial charge in [-0.05, 0) is 37.5 Å². The van der Waals surface area contributed by atoms with Crippen molar-refractivity contribution in [3.8, 4) is 11.3 Å². The van der Waals surface area contributed by atoms with Gasteiger partial charge in [-0.1, -0.05) is 41.9 Å². The van der Waals surface area contributed by atoms with Gasteiger partial charge in [-0.2, -0.15) is 5.10 Å². The molecule has 0 N–H and O–H groups in total. The number of rotatable bonds is 3. The van der Waals surface area contributed by atoms with Gasteiger partial charge < -0.3 is 4.90 Å². The highest BCUT2D eigenvalue weighted by molar-refractivity contribution is 6.30. The molecule has 2 aromatic carbocycles. The van der Waals surface area contributed by atoms with Gasteiger partial charge in [-0.3, -0.25) is 9.59 Å². The number of hydrogen-bond acceptors (Lipinski definition) is 3. The summed E-state index contributed by atoms with van der Waals surface area (Å²) in [5, 5.41) is 6.51. The van der Waals surface area contributed by atoms with Crippen LogP contribution in [0.2, 0.25) is 5.02 Å². The summed E-state index contributed by atoms with van der Waals surface area (Å²) in [4.78, 5) is 27.4. The lowest BCUT2D eigenvalue weighted by atomic mass is 10.1. The van der Waals surface area contributed by atoms with Crippen LogP contribution in [0.3, 0.4) is 0 Å². The van der Waals surface area contributed by atoms with Crippen LogP contribution in [-0.2, 0) is 11.3 Å². The molecule has 1 aliphatic heterocycles. The second-order valence-corrected chi connectivity index (χ2v) is 7.24. The predicted molar refractivity (Wildman–Crippen MR) is 107 cm³/mol. The molecule has 4 rings (SSSR count). The molecule has 3 aromatic rings. The van der Waals surface area contributed by atoms with E-state index in [0.717, 1.165) is 43.3 Å². The maximum Gasteiger partial charge on any atom is 0.275 e. The Bertz CT molecular complexity index is 1040. The number of carbonyl (C=O) groups excluding carboxylic acids is 1. The van der Waals surface area contributed by atoms with Crippen LogP contribution in [0.1, 0.15) is 19.3 Å². The molecule has 0 saturated carbocycles. The highest BCUT2D eigenvalue weighted by Gasteiger charge is 2.19. The molecule has 0 spiro atoms. The maximum absolute atomic E-state index is 12.9. The molecule has 6 heteroatoms. The number of amides is 1. The van der Waals surface area contributed by atoms with Crippen molar-refractivity contribution in [3.63, 3.8) is 0 Å². The van der Waals surface area contributed by atoms with Gasteiger partial charge in [0, 0.05) is 29.1 Å². The molecular formula is C21H20ClN3O2. The van der Waals surface area contributed by atoms with Crippen molar-refractivity contribution in [2.75, 3.05) is 13.1 Å². The van der Waals surface area contributed by atoms with Gasteiger partial charge >= 0.3 is 0 Å². The van der Waals surface area contributed by atoms with E-state index in [1.54, 1.807) is 18.2 Å². The lowest BCUT2D eigenvalue weighted by Crippen LogP contribution is -2.40. The fraction of sp³-hybridized carbons (Fsp3) is 0.286. The molecule has 27 heavy (non-hydrogen) atoms. The Balaban J connectivity index is 1.79. The minimum absolute atomic E-state index is 0.0374. The Kier molecular flexibility index (Phi) is 4.94. The molecule has 0 atom stereocenters. The molecule has 0 radical (unpaired) electrons. The third kappa shape index (κ3) is 3.60. The van der Waals surface area contributed by atoms with Gasteiger partial charge in [-0.15, -0.1) is 0 Å². The number of hydrogen-bond donors (Lipinski definition) is 0. The van der Waals surface area contributed by atoms with Gasteiger partial charge in [0.1, 0.15) is 6.54 Å². The third-order valence-corrected chi connectivity index (χ3v) is 5.23. The summed E-state index contributed by atoms with van der Waals surface area (Å²) in [6.45, 7) is 1.47. The summed E-state index contributed by atoms with van der Waals surface area (Å²) in [5.41, 5.74) is 1.29. The van der Waals surface area contributed by atoms with Gasteiger partial charge in [-0.25, -0.2) is 4.68 Å². The molecule has 1 saturated heterocycles. The first-order valence-corrected chi connectivity index (χ1v) is 9.55. The normalized spacial score (nSPS) is 14.5. The Hall–Kier alpha value is -2.66. The van der Waals surface area contributed by atoms with Crippen LogP contribution in [-0.4, -0.2) is 33.7 Å². The standard InChI is InChI=1S/C21H20ClN3O2/c22-16-10-8-15(9-11-16)20-17-6-2-3-7-18(17)21(27)25(23-20)14-19(26)24-12-4-1-5-13-24/h2-3,6-11H,1,4-5,12-14H2. The van der Waals surface area contributed by atoms with Crippen LogP contribution in [0, 0.1) is 0 Å². The predicted octanol–water partition coefficient (Wildman–Crippen LogP) is 3.73. The Morgan fingerprint density at radius 2 is 1.63 bits per heavy atom. The molecule has 1 aliphatic rings. The second kappa shape index (κ2) is 7.53. The summed E-state index contributed by atoms with van der Waals surface area (Å²) >= 11 is 6.00. The Morgan fingerprint density at radius 3 is 2.33 bits per heavy atom. The molecule has 0 aliphatic carbocycles. The maximum atomic E-state index is 12.9. The number of carbonyl (C=O) groups is 1. The fourth-order valence-corrected chi connectivity index (χ4v) is 3.66. The zero-order chi connectivity index (χ0) is 18.8. The molecule has 0 unspecified atom stereocenters. The van der Waals surface area contributed by atoms with Crippen molar-refractivity contribution < 1.29 is 4.79 Å². The lowest BCUT2D eigenvalue weighted by Gasteiger charge is -2.26. The van der Waals surface area contributed by atoms with Crippen LogP contribution < -0.4 is 5.56 Å². The lowest BCUT2D eigenvalue weighted by molar-refractivity contribution is -0.133. The second-order valence-electron chi connectivity index (χ2n) is 6.81. The largest absolute Gasteiger partial charge is 0.341 e. The van der Waals surface area contributed by atoms with Crippen molar-refractivity contribution in [3.05, 3.63) is 63.9 Å². The minimum Gasteiger partial charge on any atom is -0.341 e. The van der Waals surface area contributed by atoms with Crippen LogP contribution in [0.15, 0.2) is 53.3 Å². The van der Waals surface area contributed by atoms with E-state index in [2.05, 4.69) is 5.10 Å². The average Bonchev–Trinajstić information content (AvgIpc) is 2.71. The van der Waals surface area contributed by atoms with Gasteiger partial charge in [0.2, 0.25) is 5.91 Å². The van der Waals surface area contributed by atoms with E-state index in [0.29, 0.717) is 16.1 Å². The number of aromatic nitrogens is 2. The summed E-state index contributed by atoms with van der Waals surface area (Å²) in [6.07, 6.45) is 3.18. The first-order valence-electron chi connectivity index (χ1n) is 9.17. The first-order chi connectivity index (χ1) is 13.1. The summed E-state index contributed by atoms with van der Waals surface area (Å²) < 4.78 is 1.29. The molecule has 0 bridgehead atoms. The Labute approximate surface area is 162 Å². The van der Waals surface area contributed by atoms with Crippen molar-refractivity contribution in [2.24, 2.45) is 0 Å². The van der Waals surface area contributed by atoms with Crippen molar-refractivity contribution >= 4 is 28.3 Å². The quantitative estimate of drug-likeness (QED) is 0.694. The smallest absolute Gasteiger partial charge is 0.275 e. The minimum atomic E-state index is -0.242. The van der Waals surface area contributed by atoms with Gasteiger partial charge in [0.15, 0.2) is 0 Å². The molecule has 138 valence electrons. The zero-order valence-electron chi connectivity index (χ0n) is 14.9. The zero-order valence-corrected chi connectivity index (χ0v) is 15.7. The van der Waals surface area contributed by atoms with Crippen molar-refractivity contribution in [1.29, 1.82) is 0 Å². The molecule has 1 fully saturated rings. The van der Waals surface area contributed by atoms with Crippen LogP contribution >= 0.6 is 11.6 Å². The Morgan fingerprint density at radius 1 is 0.963 bits per heavy atom. The topological polar surface area (TPSA) is 55.2 Å². The van der Waals surface area contributed by atoms with Gasteiger partial charge in [0.05, 0.1) is 11.1 Å². The summed E-state index contributed by atoms with van der Waals surface area (Å²) in [7, 11) is 0. The first kappa shape index (κ1) is 17.7. The fourth-order valence-electron chi connectivity index (χ4n) is 3.53. The highest BCUT2D eigenvalue weighted by Crippen LogP contribution is 2.25. The highest BCUT2D eigenvalue weighted by atomic mass is 35.5. The molecule has 2 heterocycles. The van der Waals surface area contributed by atoms with Gasteiger partial charge in [0.25, 0.3) is 5.56 Å². The van der Waals surface area contributed by atoms with E-state index in [1.165, 1.54) is 4.68 Å². The number of benzene rings is 2. The average molecular weight is 382 g/mol. The van der Waals surface area contributed by atoms with Crippen molar-refractivity contribution in [1.82, 2.24) is 14.7 Å². The van der Waals surface area contributed by atoms with E-state index in [-0.39, 0.29) is 18.0 Å². The SMILES string of the molecule is O=C(Cn1nc(-c2ccc(Cl)cc2)c2ccccc2c1=O)N1CCCCC1. The van der Waals surface area contributed by atoms with E-state index in [1.807, 2.05) is 35.2 Å². The number of halogens is 1. The van der Waals surface area contributed by atoms with E-state index < -0.39 is 0 Å². The number of nitrogens with zero attached hydrogens (tertiary/aromatic N) is 3. The number of fused-ring (bicyclic) bond motifs is 1. The molecule has 1 amide bonds. The van der Waals surface area contributed by atoms with E-state index >= 15 is 0 Å². The van der Waals surface area contributed by atoms with E-state index in [9.17, 15) is 9.59 Å². The molecule has 1 aromatic heterocycles.